The van der Waals surface area contributed by atoms with Crippen LogP contribution in [-0.2, 0) is 11.3 Å². The number of carbonyl (C=O) groups excluding carboxylic acids is 1. The van der Waals surface area contributed by atoms with Crippen molar-refractivity contribution in [3.63, 3.8) is 0 Å². The van der Waals surface area contributed by atoms with E-state index in [1.54, 1.807) is 0 Å². The second kappa shape index (κ2) is 11.6. The summed E-state index contributed by atoms with van der Waals surface area (Å²) >= 11 is 5.88. The van der Waals surface area contributed by atoms with Gasteiger partial charge < -0.3 is 20.1 Å². The van der Waals surface area contributed by atoms with E-state index in [-0.39, 0.29) is 18.0 Å². The van der Waals surface area contributed by atoms with Crippen molar-refractivity contribution < 1.29 is 4.79 Å². The van der Waals surface area contributed by atoms with E-state index in [0.29, 0.717) is 18.1 Å². The molecule has 3 heterocycles. The van der Waals surface area contributed by atoms with Gasteiger partial charge in [0.2, 0.25) is 5.91 Å². The highest BCUT2D eigenvalue weighted by atomic mass is 32.1. The minimum Gasteiger partial charge on any atom is -0.352 e. The molecule has 1 aliphatic rings. The predicted octanol–water partition coefficient (Wildman–Crippen LogP) is 6.70. The minimum atomic E-state index is -0.129. The van der Waals surface area contributed by atoms with Crippen LogP contribution in [0.15, 0.2) is 103 Å². The van der Waals surface area contributed by atoms with E-state index in [9.17, 15) is 4.79 Å². The Morgan fingerprint density at radius 1 is 0.951 bits per heavy atom. The Morgan fingerprint density at radius 3 is 2.51 bits per heavy atom. The summed E-state index contributed by atoms with van der Waals surface area (Å²) in [6.45, 7) is 5.61. The van der Waals surface area contributed by atoms with E-state index in [1.165, 1.54) is 22.5 Å². The van der Waals surface area contributed by atoms with Crippen molar-refractivity contribution in [3.8, 4) is 0 Å². The van der Waals surface area contributed by atoms with Crippen LogP contribution in [0, 0.1) is 13.8 Å². The third-order valence-electron chi connectivity index (χ3n) is 7.96. The van der Waals surface area contributed by atoms with Gasteiger partial charge in [0.05, 0.1) is 17.8 Å². The molecular weight excluding hydrogens is 526 g/mol. The number of rotatable bonds is 8. The number of benzene rings is 3. The Morgan fingerprint density at radius 2 is 1.71 bits per heavy atom. The van der Waals surface area contributed by atoms with E-state index in [4.69, 9.17) is 12.2 Å². The van der Waals surface area contributed by atoms with E-state index in [2.05, 4.69) is 81.4 Å². The van der Waals surface area contributed by atoms with Crippen molar-refractivity contribution in [2.24, 2.45) is 0 Å². The fraction of sp³-hybridized carbons (Fsp3) is 0.206. The number of carbonyl (C=O) groups is 1. The SMILES string of the molecule is Cc1cc(C2C(c3ccccn3)NC(=S)N2CCC(=O)Nc2cccc3ccccc23)c(C)n1Cc1ccccc1. The molecule has 2 atom stereocenters. The number of hydrogen-bond donors (Lipinski definition) is 2. The molecule has 1 aliphatic heterocycles. The summed E-state index contributed by atoms with van der Waals surface area (Å²) in [5.41, 5.74) is 6.57. The Kier molecular flexibility index (Phi) is 7.53. The summed E-state index contributed by atoms with van der Waals surface area (Å²) in [6, 6.07) is 32.5. The molecule has 0 radical (unpaired) electrons. The number of amides is 1. The number of anilines is 1. The summed E-state index contributed by atoms with van der Waals surface area (Å²) < 4.78 is 2.35. The van der Waals surface area contributed by atoms with Gasteiger partial charge in [-0.2, -0.15) is 0 Å². The van der Waals surface area contributed by atoms with Crippen molar-refractivity contribution in [3.05, 3.63) is 131 Å². The van der Waals surface area contributed by atoms with Gasteiger partial charge in [-0.25, -0.2) is 0 Å². The summed E-state index contributed by atoms with van der Waals surface area (Å²) in [5, 5.41) is 9.41. The smallest absolute Gasteiger partial charge is 0.226 e. The first-order valence-corrected chi connectivity index (χ1v) is 14.4. The number of thiocarbonyl (C=S) groups is 1. The molecule has 0 aliphatic carbocycles. The number of nitrogens with zero attached hydrogens (tertiary/aromatic N) is 3. The van der Waals surface area contributed by atoms with Crippen molar-refractivity contribution in [2.75, 3.05) is 11.9 Å². The molecule has 1 fully saturated rings. The van der Waals surface area contributed by atoms with Crippen LogP contribution in [0.3, 0.4) is 0 Å². The van der Waals surface area contributed by atoms with Gasteiger partial charge in [0.25, 0.3) is 0 Å². The summed E-state index contributed by atoms with van der Waals surface area (Å²) in [4.78, 5) is 20.1. The lowest BCUT2D eigenvalue weighted by atomic mass is 9.96. The first kappa shape index (κ1) is 26.7. The van der Waals surface area contributed by atoms with Gasteiger partial charge in [-0.3, -0.25) is 9.78 Å². The standard InChI is InChI=1S/C34H33N5OS/c1-23-21-28(24(2)39(23)22-25-11-4-3-5-12-25)33-32(30-16-8-9-19-35-30)37-34(41)38(33)20-18-31(40)36-29-17-10-14-26-13-6-7-15-27(26)29/h3-17,19,21,32-33H,18,20,22H2,1-2H3,(H,36,40)(H,37,41). The van der Waals surface area contributed by atoms with Crippen LogP contribution in [0.25, 0.3) is 10.8 Å². The largest absolute Gasteiger partial charge is 0.352 e. The van der Waals surface area contributed by atoms with Crippen molar-refractivity contribution in [1.82, 2.24) is 19.8 Å². The zero-order chi connectivity index (χ0) is 28.3. The highest BCUT2D eigenvalue weighted by Gasteiger charge is 2.41. The molecular formula is C34H33N5OS. The number of nitrogens with one attached hydrogen (secondary N) is 2. The number of hydrogen-bond acceptors (Lipinski definition) is 3. The molecule has 3 aromatic carbocycles. The van der Waals surface area contributed by atoms with Gasteiger partial charge in [0.1, 0.15) is 0 Å². The topological polar surface area (TPSA) is 62.2 Å². The van der Waals surface area contributed by atoms with Gasteiger partial charge in [-0.05, 0) is 66.8 Å². The quantitative estimate of drug-likeness (QED) is 0.207. The lowest BCUT2D eigenvalue weighted by Crippen LogP contribution is -2.33. The maximum absolute atomic E-state index is 13.2. The average molecular weight is 560 g/mol. The third kappa shape index (κ3) is 5.45. The monoisotopic (exact) mass is 559 g/mol. The zero-order valence-corrected chi connectivity index (χ0v) is 24.1. The van der Waals surface area contributed by atoms with Crippen LogP contribution in [0.1, 0.15) is 46.7 Å². The molecule has 0 bridgehead atoms. The fourth-order valence-electron chi connectivity index (χ4n) is 5.89. The van der Waals surface area contributed by atoms with E-state index in [0.717, 1.165) is 28.7 Å². The summed E-state index contributed by atoms with van der Waals surface area (Å²) in [7, 11) is 0. The van der Waals surface area contributed by atoms with E-state index >= 15 is 0 Å². The van der Waals surface area contributed by atoms with E-state index in [1.807, 2.05) is 60.8 Å². The Hall–Kier alpha value is -4.49. The van der Waals surface area contributed by atoms with Crippen LogP contribution in [0.2, 0.25) is 0 Å². The van der Waals surface area contributed by atoms with Crippen LogP contribution in [0.5, 0.6) is 0 Å². The number of aryl methyl sites for hydroxylation is 1. The number of fused-ring (bicyclic) bond motifs is 1. The first-order chi connectivity index (χ1) is 20.0. The molecule has 41 heavy (non-hydrogen) atoms. The predicted molar refractivity (Wildman–Crippen MR) is 169 cm³/mol. The van der Waals surface area contributed by atoms with Gasteiger partial charge in [0.15, 0.2) is 5.11 Å². The molecule has 6 nitrogen and oxygen atoms in total. The van der Waals surface area contributed by atoms with Crippen LogP contribution < -0.4 is 10.6 Å². The van der Waals surface area contributed by atoms with Gasteiger partial charge >= 0.3 is 0 Å². The Balaban J connectivity index is 1.28. The van der Waals surface area contributed by atoms with Crippen molar-refractivity contribution in [2.45, 2.75) is 38.9 Å². The van der Waals surface area contributed by atoms with Gasteiger partial charge in [-0.1, -0.05) is 72.8 Å². The molecule has 1 saturated heterocycles. The normalized spacial score (nSPS) is 16.6. The lowest BCUT2D eigenvalue weighted by molar-refractivity contribution is -0.116. The van der Waals surface area contributed by atoms with E-state index < -0.39 is 0 Å². The molecule has 5 aromatic rings. The van der Waals surface area contributed by atoms with Crippen LogP contribution >= 0.6 is 12.2 Å². The summed E-state index contributed by atoms with van der Waals surface area (Å²) in [5.74, 6) is -0.0428. The van der Waals surface area contributed by atoms with Crippen LogP contribution in [0.4, 0.5) is 5.69 Å². The second-order valence-electron chi connectivity index (χ2n) is 10.5. The number of aromatic nitrogens is 2. The van der Waals surface area contributed by atoms with Crippen LogP contribution in [-0.4, -0.2) is 32.0 Å². The van der Waals surface area contributed by atoms with Gasteiger partial charge in [-0.15, -0.1) is 0 Å². The lowest BCUT2D eigenvalue weighted by Gasteiger charge is -2.28. The fourth-order valence-corrected chi connectivity index (χ4v) is 6.22. The minimum absolute atomic E-state index is 0.0428. The Labute approximate surface area is 246 Å². The molecule has 7 heteroatoms. The second-order valence-corrected chi connectivity index (χ2v) is 10.9. The maximum Gasteiger partial charge on any atom is 0.226 e. The molecule has 2 N–H and O–H groups in total. The maximum atomic E-state index is 13.2. The molecule has 206 valence electrons. The Bertz CT molecular complexity index is 1690. The molecule has 2 aromatic heterocycles. The highest BCUT2D eigenvalue weighted by molar-refractivity contribution is 7.80. The van der Waals surface area contributed by atoms with Crippen molar-refractivity contribution >= 4 is 39.7 Å². The zero-order valence-electron chi connectivity index (χ0n) is 23.2. The highest BCUT2D eigenvalue weighted by Crippen LogP contribution is 2.41. The molecule has 6 rings (SSSR count). The summed E-state index contributed by atoms with van der Waals surface area (Å²) in [6.07, 6.45) is 2.12. The average Bonchev–Trinajstić information content (AvgIpc) is 3.47. The third-order valence-corrected chi connectivity index (χ3v) is 8.31. The first-order valence-electron chi connectivity index (χ1n) is 14.0. The molecule has 0 saturated carbocycles. The van der Waals surface area contributed by atoms with Gasteiger partial charge in [0, 0.05) is 48.2 Å². The number of pyridine rings is 1. The molecule has 1 amide bonds. The molecule has 0 spiro atoms. The molecule has 2 unspecified atom stereocenters. The van der Waals surface area contributed by atoms with Crippen molar-refractivity contribution in [1.29, 1.82) is 0 Å².